The minimum atomic E-state index is -0.594. The third kappa shape index (κ3) is 4.92. The predicted molar refractivity (Wildman–Crippen MR) is 116 cm³/mol. The zero-order chi connectivity index (χ0) is 20.8. The van der Waals surface area contributed by atoms with Gasteiger partial charge in [0.15, 0.2) is 0 Å². The van der Waals surface area contributed by atoms with Crippen molar-refractivity contribution in [2.75, 3.05) is 18.6 Å². The Balaban J connectivity index is 1.59. The van der Waals surface area contributed by atoms with Crippen LogP contribution in [-0.4, -0.2) is 47.6 Å². The maximum Gasteiger partial charge on any atom is 0.408 e. The molecule has 0 bridgehead atoms. The molecule has 0 aromatic heterocycles. The van der Waals surface area contributed by atoms with Crippen molar-refractivity contribution in [3.8, 4) is 11.5 Å². The van der Waals surface area contributed by atoms with Crippen LogP contribution >= 0.6 is 22.6 Å². The number of benzene rings is 2. The maximum atomic E-state index is 12.7. The molecule has 0 radical (unpaired) electrons. The summed E-state index contributed by atoms with van der Waals surface area (Å²) >= 11 is 2.22. The van der Waals surface area contributed by atoms with Crippen molar-refractivity contribution >= 4 is 34.6 Å². The van der Waals surface area contributed by atoms with E-state index >= 15 is 0 Å². The van der Waals surface area contributed by atoms with E-state index in [1.54, 1.807) is 25.2 Å². The number of carbonyl (C=O) groups is 2. The van der Waals surface area contributed by atoms with Crippen molar-refractivity contribution in [2.45, 2.75) is 25.2 Å². The average molecular weight is 510 g/mol. The van der Waals surface area contributed by atoms with Gasteiger partial charge in [-0.25, -0.2) is 4.79 Å². The molecule has 0 unspecified atom stereocenters. The molecule has 8 heteroatoms. The normalized spacial score (nSPS) is 18.0. The van der Waals surface area contributed by atoms with E-state index in [1.165, 1.54) is 0 Å². The molecular weight excluding hydrogens is 487 g/mol. The standard InChI is InChI=1S/C21H23IN2O5/c1-27-16-9-8-15(18(10-16)28-2)12-24-17(11-22)19(20(24)25)23-21(26)29-13-14-6-4-3-5-7-14/h3-10,17,19H,11-13H2,1-2H3,(H,23,26)/t17-,19-/m1/s1. The number of nitrogens with one attached hydrogen (secondary N) is 1. The second-order valence-corrected chi connectivity index (χ2v) is 7.43. The summed E-state index contributed by atoms with van der Waals surface area (Å²) < 4.78 is 16.6. The van der Waals surface area contributed by atoms with Crippen LogP contribution in [0.4, 0.5) is 4.79 Å². The summed E-state index contributed by atoms with van der Waals surface area (Å²) in [6, 6.07) is 14.2. The molecule has 1 saturated heterocycles. The molecule has 2 atom stereocenters. The number of alkyl carbamates (subject to hydrolysis) is 1. The highest BCUT2D eigenvalue weighted by molar-refractivity contribution is 14.1. The first kappa shape index (κ1) is 21.2. The van der Waals surface area contributed by atoms with Crippen LogP contribution < -0.4 is 14.8 Å². The number of ether oxygens (including phenoxy) is 3. The zero-order valence-electron chi connectivity index (χ0n) is 16.3. The van der Waals surface area contributed by atoms with Gasteiger partial charge in [0.2, 0.25) is 5.91 Å². The van der Waals surface area contributed by atoms with E-state index < -0.39 is 12.1 Å². The van der Waals surface area contributed by atoms with Crippen molar-refractivity contribution < 1.29 is 23.8 Å². The molecule has 2 aromatic rings. The second kappa shape index (κ2) is 9.82. The van der Waals surface area contributed by atoms with Crippen LogP contribution in [0.1, 0.15) is 11.1 Å². The highest BCUT2D eigenvalue weighted by Crippen LogP contribution is 2.30. The van der Waals surface area contributed by atoms with Gasteiger partial charge < -0.3 is 24.4 Å². The van der Waals surface area contributed by atoms with Gasteiger partial charge in [0.25, 0.3) is 0 Å². The molecule has 1 heterocycles. The lowest BCUT2D eigenvalue weighted by molar-refractivity contribution is -0.150. The summed E-state index contributed by atoms with van der Waals surface area (Å²) in [4.78, 5) is 26.5. The van der Waals surface area contributed by atoms with Gasteiger partial charge in [-0.2, -0.15) is 0 Å². The van der Waals surface area contributed by atoms with E-state index in [1.807, 2.05) is 42.5 Å². The van der Waals surface area contributed by atoms with Crippen molar-refractivity contribution in [3.05, 3.63) is 59.7 Å². The minimum Gasteiger partial charge on any atom is -0.497 e. The first-order valence-electron chi connectivity index (χ1n) is 9.12. The fraction of sp³-hybridized carbons (Fsp3) is 0.333. The van der Waals surface area contributed by atoms with Gasteiger partial charge in [0.1, 0.15) is 24.1 Å². The predicted octanol–water partition coefficient (Wildman–Crippen LogP) is 3.14. The van der Waals surface area contributed by atoms with Gasteiger partial charge in [-0.3, -0.25) is 4.79 Å². The van der Waals surface area contributed by atoms with E-state index in [4.69, 9.17) is 14.2 Å². The molecule has 3 rings (SSSR count). The summed E-state index contributed by atoms with van der Waals surface area (Å²) in [6.07, 6.45) is -0.594. The molecule has 0 aliphatic carbocycles. The monoisotopic (exact) mass is 510 g/mol. The Kier molecular flexibility index (Phi) is 7.18. The van der Waals surface area contributed by atoms with Gasteiger partial charge in [-0.05, 0) is 17.7 Å². The van der Waals surface area contributed by atoms with Crippen LogP contribution in [0.3, 0.4) is 0 Å². The number of methoxy groups -OCH3 is 2. The Morgan fingerprint density at radius 2 is 1.90 bits per heavy atom. The van der Waals surface area contributed by atoms with Crippen molar-refractivity contribution in [1.82, 2.24) is 10.2 Å². The first-order valence-corrected chi connectivity index (χ1v) is 10.6. The Labute approximate surface area is 183 Å². The number of halogens is 1. The number of rotatable bonds is 8. The van der Waals surface area contributed by atoms with Crippen LogP contribution in [0, 0.1) is 0 Å². The largest absolute Gasteiger partial charge is 0.497 e. The van der Waals surface area contributed by atoms with Gasteiger partial charge >= 0.3 is 6.09 Å². The van der Waals surface area contributed by atoms with Gasteiger partial charge in [0, 0.05) is 22.6 Å². The summed E-state index contributed by atoms with van der Waals surface area (Å²) in [5.74, 6) is 1.20. The van der Waals surface area contributed by atoms with E-state index in [0.717, 1.165) is 11.1 Å². The second-order valence-electron chi connectivity index (χ2n) is 6.55. The summed E-state index contributed by atoms with van der Waals surface area (Å²) in [5, 5.41) is 2.69. The molecular formula is C21H23IN2O5. The van der Waals surface area contributed by atoms with Crippen LogP contribution in [0.25, 0.3) is 0 Å². The van der Waals surface area contributed by atoms with Gasteiger partial charge in [-0.15, -0.1) is 0 Å². The number of hydrogen-bond acceptors (Lipinski definition) is 5. The quantitative estimate of drug-likeness (QED) is 0.336. The highest BCUT2D eigenvalue weighted by atomic mass is 127. The minimum absolute atomic E-state index is 0.112. The summed E-state index contributed by atoms with van der Waals surface area (Å²) in [6.45, 7) is 0.562. The number of nitrogens with zero attached hydrogens (tertiary/aromatic N) is 1. The molecule has 1 aliphatic rings. The van der Waals surface area contributed by atoms with Gasteiger partial charge in [-0.1, -0.05) is 52.9 Å². The van der Waals surface area contributed by atoms with Crippen LogP contribution in [0.2, 0.25) is 0 Å². The SMILES string of the molecule is COc1ccc(CN2C(=O)[C@H](NC(=O)OCc3ccccc3)[C@H]2CI)c(OC)c1. The maximum absolute atomic E-state index is 12.7. The van der Waals surface area contributed by atoms with E-state index in [9.17, 15) is 9.59 Å². The fourth-order valence-electron chi connectivity index (χ4n) is 3.19. The smallest absolute Gasteiger partial charge is 0.408 e. The summed E-state index contributed by atoms with van der Waals surface area (Å²) in [5.41, 5.74) is 1.77. The van der Waals surface area contributed by atoms with Crippen molar-refractivity contribution in [2.24, 2.45) is 0 Å². The number of alkyl halides is 1. The molecule has 154 valence electrons. The lowest BCUT2D eigenvalue weighted by Gasteiger charge is -2.46. The number of hydrogen-bond donors (Lipinski definition) is 1. The number of β-lactam (4-membered cyclic amide) rings is 1. The molecule has 2 amide bonds. The van der Waals surface area contributed by atoms with E-state index in [0.29, 0.717) is 22.5 Å². The molecule has 0 saturated carbocycles. The number of amides is 2. The Morgan fingerprint density at radius 3 is 2.55 bits per heavy atom. The molecule has 2 aromatic carbocycles. The van der Waals surface area contributed by atoms with Crippen LogP contribution in [0.5, 0.6) is 11.5 Å². The summed E-state index contributed by atoms with van der Waals surface area (Å²) in [7, 11) is 3.17. The van der Waals surface area contributed by atoms with Crippen LogP contribution in [0.15, 0.2) is 48.5 Å². The lowest BCUT2D eigenvalue weighted by Crippen LogP contribution is -2.70. The number of likely N-dealkylation sites (tertiary alicyclic amines) is 1. The molecule has 1 N–H and O–H groups in total. The van der Waals surface area contributed by atoms with Crippen LogP contribution in [-0.2, 0) is 22.7 Å². The number of carbonyl (C=O) groups excluding carboxylic acids is 2. The topological polar surface area (TPSA) is 77.1 Å². The molecule has 29 heavy (non-hydrogen) atoms. The highest BCUT2D eigenvalue weighted by Gasteiger charge is 2.47. The molecule has 0 spiro atoms. The lowest BCUT2D eigenvalue weighted by atomic mass is 9.95. The van der Waals surface area contributed by atoms with E-state index in [2.05, 4.69) is 27.9 Å². The molecule has 1 fully saturated rings. The molecule has 1 aliphatic heterocycles. The fourth-order valence-corrected chi connectivity index (χ4v) is 4.17. The third-order valence-electron chi connectivity index (χ3n) is 4.81. The Hall–Kier alpha value is -2.49. The average Bonchev–Trinajstić information content (AvgIpc) is 2.77. The zero-order valence-corrected chi connectivity index (χ0v) is 18.4. The van der Waals surface area contributed by atoms with Crippen molar-refractivity contribution in [1.29, 1.82) is 0 Å². The first-order chi connectivity index (χ1) is 14.1. The molecule has 7 nitrogen and oxygen atoms in total. The third-order valence-corrected chi connectivity index (χ3v) is 5.72. The Morgan fingerprint density at radius 1 is 1.14 bits per heavy atom. The Bertz CT molecular complexity index is 861. The van der Waals surface area contributed by atoms with E-state index in [-0.39, 0.29) is 18.6 Å². The van der Waals surface area contributed by atoms with Crippen molar-refractivity contribution in [3.63, 3.8) is 0 Å². The van der Waals surface area contributed by atoms with Gasteiger partial charge in [0.05, 0.1) is 20.3 Å².